The van der Waals surface area contributed by atoms with Gasteiger partial charge >= 0.3 is 0 Å². The predicted octanol–water partition coefficient (Wildman–Crippen LogP) is 2.73. The average Bonchev–Trinajstić information content (AvgIpc) is 2.84. The zero-order chi connectivity index (χ0) is 24.7. The highest BCUT2D eigenvalue weighted by atomic mass is 16.5. The van der Waals surface area contributed by atoms with E-state index >= 15 is 0 Å². The minimum atomic E-state index is 0.585. The smallest absolute Gasteiger partial charge is 0.119 e. The fourth-order valence-corrected chi connectivity index (χ4v) is 3.74. The third-order valence-corrected chi connectivity index (χ3v) is 5.80. The molecule has 0 saturated carbocycles. The zero-order valence-electron chi connectivity index (χ0n) is 22.1. The number of rotatable bonds is 24. The molecule has 0 aliphatic rings. The minimum absolute atomic E-state index is 0.585. The lowest BCUT2D eigenvalue weighted by molar-refractivity contribution is 0.249. The molecule has 0 saturated heterocycles. The van der Waals surface area contributed by atoms with Crippen molar-refractivity contribution in [1.29, 1.82) is 0 Å². The molecule has 34 heavy (non-hydrogen) atoms. The van der Waals surface area contributed by atoms with Crippen molar-refractivity contribution in [2.45, 2.75) is 71.9 Å². The lowest BCUT2D eigenvalue weighted by Gasteiger charge is -2.16. The molecule has 0 amide bonds. The molecule has 1 atom stereocenters. The van der Waals surface area contributed by atoms with E-state index in [0.717, 1.165) is 103 Å². The first kappa shape index (κ1) is 30.8. The number of ether oxygens (including phenoxy) is 1. The van der Waals surface area contributed by atoms with E-state index in [-0.39, 0.29) is 0 Å². The highest BCUT2D eigenvalue weighted by Crippen LogP contribution is 2.19. The van der Waals surface area contributed by atoms with E-state index in [9.17, 15) is 0 Å². The Labute approximate surface area is 209 Å². The number of benzene rings is 1. The standard InChI is InChI=1S/C27H54N6O/c1-3-4-9-24(2)23-34-27-19-25(21-32-16-7-14-30-12-5-10-28)18-26(20-27)22-33-17-8-15-31-13-6-11-29/h18-20,24,30-33H,3-17,21-23,28-29H2,1-2H3. The maximum Gasteiger partial charge on any atom is 0.119 e. The fraction of sp³-hybridized carbons (Fsp3) is 0.778. The molecule has 7 nitrogen and oxygen atoms in total. The first-order chi connectivity index (χ1) is 16.7. The zero-order valence-corrected chi connectivity index (χ0v) is 22.1. The summed E-state index contributed by atoms with van der Waals surface area (Å²) in [6.07, 6.45) is 8.05. The van der Waals surface area contributed by atoms with Crippen molar-refractivity contribution in [3.8, 4) is 5.75 Å². The first-order valence-electron chi connectivity index (χ1n) is 13.7. The summed E-state index contributed by atoms with van der Waals surface area (Å²) < 4.78 is 6.21. The Kier molecular flexibility index (Phi) is 20.2. The average molecular weight is 479 g/mol. The van der Waals surface area contributed by atoms with E-state index in [0.29, 0.717) is 5.92 Å². The molecule has 0 spiro atoms. The Morgan fingerprint density at radius 1 is 0.706 bits per heavy atom. The van der Waals surface area contributed by atoms with Gasteiger partial charge in [-0.15, -0.1) is 0 Å². The molecule has 0 radical (unpaired) electrons. The Balaban J connectivity index is 2.47. The van der Waals surface area contributed by atoms with Crippen LogP contribution in [0, 0.1) is 5.92 Å². The number of nitrogens with two attached hydrogens (primary N) is 2. The van der Waals surface area contributed by atoms with E-state index in [2.05, 4.69) is 53.3 Å². The number of unbranched alkanes of at least 4 members (excludes halogenated alkanes) is 1. The van der Waals surface area contributed by atoms with Crippen molar-refractivity contribution in [3.05, 3.63) is 29.3 Å². The van der Waals surface area contributed by atoms with Crippen molar-refractivity contribution < 1.29 is 4.74 Å². The maximum atomic E-state index is 6.21. The van der Waals surface area contributed by atoms with Crippen LogP contribution in [0.15, 0.2) is 18.2 Å². The van der Waals surface area contributed by atoms with Gasteiger partial charge in [-0.1, -0.05) is 32.8 Å². The summed E-state index contributed by atoms with van der Waals surface area (Å²) in [6, 6.07) is 6.69. The normalized spacial score (nSPS) is 12.2. The molecule has 1 rings (SSSR count). The molecule has 0 aliphatic heterocycles. The van der Waals surface area contributed by atoms with Crippen molar-refractivity contribution in [2.24, 2.45) is 17.4 Å². The topological polar surface area (TPSA) is 109 Å². The summed E-state index contributed by atoms with van der Waals surface area (Å²) in [5.41, 5.74) is 13.6. The van der Waals surface area contributed by atoms with Crippen LogP contribution < -0.4 is 37.5 Å². The monoisotopic (exact) mass is 478 g/mol. The maximum absolute atomic E-state index is 6.21. The van der Waals surface area contributed by atoms with Crippen LogP contribution in [-0.2, 0) is 13.1 Å². The number of nitrogens with one attached hydrogen (secondary N) is 4. The molecule has 198 valence electrons. The van der Waals surface area contributed by atoms with Gasteiger partial charge in [0, 0.05) is 13.1 Å². The SMILES string of the molecule is CCCCC(C)COc1cc(CNCCCNCCCN)cc(CNCCCNCCCN)c1. The second-order valence-electron chi connectivity index (χ2n) is 9.39. The molecule has 8 N–H and O–H groups in total. The van der Waals surface area contributed by atoms with Gasteiger partial charge in [-0.2, -0.15) is 0 Å². The van der Waals surface area contributed by atoms with Crippen molar-refractivity contribution in [2.75, 3.05) is 59.0 Å². The summed E-state index contributed by atoms with van der Waals surface area (Å²) in [4.78, 5) is 0. The van der Waals surface area contributed by atoms with Gasteiger partial charge in [0.25, 0.3) is 0 Å². The third-order valence-electron chi connectivity index (χ3n) is 5.80. The van der Waals surface area contributed by atoms with Crippen LogP contribution in [0.5, 0.6) is 5.75 Å². The van der Waals surface area contributed by atoms with E-state index in [1.165, 1.54) is 30.4 Å². The molecular weight excluding hydrogens is 424 g/mol. The Morgan fingerprint density at radius 3 is 1.71 bits per heavy atom. The van der Waals surface area contributed by atoms with Gasteiger partial charge in [-0.05, 0) is 114 Å². The molecule has 0 fully saturated rings. The van der Waals surface area contributed by atoms with Crippen molar-refractivity contribution >= 4 is 0 Å². The summed E-state index contributed by atoms with van der Waals surface area (Å²) in [6.45, 7) is 14.6. The predicted molar refractivity (Wildman–Crippen MR) is 146 cm³/mol. The van der Waals surface area contributed by atoms with E-state index in [4.69, 9.17) is 16.2 Å². The van der Waals surface area contributed by atoms with Crippen LogP contribution in [0.3, 0.4) is 0 Å². The minimum Gasteiger partial charge on any atom is -0.493 e. The second-order valence-corrected chi connectivity index (χ2v) is 9.39. The highest BCUT2D eigenvalue weighted by molar-refractivity contribution is 5.34. The molecule has 7 heteroatoms. The van der Waals surface area contributed by atoms with Gasteiger partial charge in [-0.3, -0.25) is 0 Å². The quantitative estimate of drug-likeness (QED) is 0.127. The van der Waals surface area contributed by atoms with Crippen LogP contribution in [0.1, 0.15) is 69.9 Å². The van der Waals surface area contributed by atoms with Crippen molar-refractivity contribution in [3.63, 3.8) is 0 Å². The molecule has 0 heterocycles. The second kappa shape index (κ2) is 22.3. The first-order valence-corrected chi connectivity index (χ1v) is 13.7. The molecule has 1 unspecified atom stereocenters. The van der Waals surface area contributed by atoms with Crippen LogP contribution in [0.25, 0.3) is 0 Å². The van der Waals surface area contributed by atoms with Crippen molar-refractivity contribution in [1.82, 2.24) is 21.3 Å². The van der Waals surface area contributed by atoms with Crippen LogP contribution in [0.2, 0.25) is 0 Å². The van der Waals surface area contributed by atoms with Crippen LogP contribution in [-0.4, -0.2) is 59.0 Å². The van der Waals surface area contributed by atoms with E-state index in [1.54, 1.807) is 0 Å². The molecule has 0 aliphatic carbocycles. The third kappa shape index (κ3) is 17.2. The van der Waals surface area contributed by atoms with Gasteiger partial charge in [-0.25, -0.2) is 0 Å². The van der Waals surface area contributed by atoms with Crippen LogP contribution >= 0.6 is 0 Å². The van der Waals surface area contributed by atoms with Gasteiger partial charge < -0.3 is 37.5 Å². The van der Waals surface area contributed by atoms with Gasteiger partial charge in [0.15, 0.2) is 0 Å². The molecule has 1 aromatic rings. The summed E-state index contributed by atoms with van der Waals surface area (Å²) >= 11 is 0. The lowest BCUT2D eigenvalue weighted by Crippen LogP contribution is -2.24. The molecular formula is C27H54N6O. The number of hydrogen-bond acceptors (Lipinski definition) is 7. The highest BCUT2D eigenvalue weighted by Gasteiger charge is 2.06. The Hall–Kier alpha value is -1.22. The Bertz CT molecular complexity index is 548. The van der Waals surface area contributed by atoms with Gasteiger partial charge in [0.1, 0.15) is 5.75 Å². The van der Waals surface area contributed by atoms with Crippen LogP contribution in [0.4, 0.5) is 0 Å². The van der Waals surface area contributed by atoms with E-state index in [1.807, 2.05) is 0 Å². The largest absolute Gasteiger partial charge is 0.493 e. The molecule has 0 aromatic heterocycles. The summed E-state index contributed by atoms with van der Waals surface area (Å²) in [5, 5.41) is 14.0. The summed E-state index contributed by atoms with van der Waals surface area (Å²) in [7, 11) is 0. The van der Waals surface area contributed by atoms with Gasteiger partial charge in [0.05, 0.1) is 6.61 Å². The summed E-state index contributed by atoms with van der Waals surface area (Å²) in [5.74, 6) is 1.58. The lowest BCUT2D eigenvalue weighted by atomic mass is 10.1. The van der Waals surface area contributed by atoms with Gasteiger partial charge in [0.2, 0.25) is 0 Å². The van der Waals surface area contributed by atoms with E-state index < -0.39 is 0 Å². The fourth-order valence-electron chi connectivity index (χ4n) is 3.74. The molecule has 1 aromatic carbocycles. The number of hydrogen-bond donors (Lipinski definition) is 6. The molecule has 0 bridgehead atoms. The Morgan fingerprint density at radius 2 is 1.21 bits per heavy atom.